The Morgan fingerprint density at radius 1 is 1.31 bits per heavy atom. The van der Waals surface area contributed by atoms with Gasteiger partial charge >= 0.3 is 6.09 Å². The summed E-state index contributed by atoms with van der Waals surface area (Å²) in [5.74, 6) is 0. The summed E-state index contributed by atoms with van der Waals surface area (Å²) < 4.78 is 5.02. The summed E-state index contributed by atoms with van der Waals surface area (Å²) in [5.41, 5.74) is 1.87. The summed E-state index contributed by atoms with van der Waals surface area (Å²) in [6.45, 7) is 7.64. The van der Waals surface area contributed by atoms with Crippen LogP contribution in [0.1, 0.15) is 59.8 Å². The first kappa shape index (κ1) is 14.9. The highest BCUT2D eigenvalue weighted by Crippen LogP contribution is 2.06. The van der Waals surface area contributed by atoms with Crippen molar-refractivity contribution in [1.29, 1.82) is 0 Å². The molecule has 0 atom stereocenters. The zero-order chi connectivity index (χ0) is 12.4. The van der Waals surface area contributed by atoms with E-state index in [4.69, 9.17) is 4.74 Å². The Kier molecular flexibility index (Phi) is 7.60. The molecule has 0 aromatic carbocycles. The lowest BCUT2D eigenvalue weighted by atomic mass is 10.2. The number of unbranched alkanes of at least 4 members (excludes halogenated alkanes) is 4. The van der Waals surface area contributed by atoms with Gasteiger partial charge in [-0.3, -0.25) is 0 Å². The number of nitrogens with one attached hydrogen (secondary N) is 1. The van der Waals surface area contributed by atoms with Gasteiger partial charge in [0.2, 0.25) is 0 Å². The van der Waals surface area contributed by atoms with Crippen LogP contribution in [-0.4, -0.2) is 17.9 Å². The molecule has 0 aliphatic rings. The summed E-state index contributed by atoms with van der Waals surface area (Å²) in [4.78, 5) is 11.1. The first-order chi connectivity index (χ1) is 7.45. The first-order valence-corrected chi connectivity index (χ1v) is 5.96. The van der Waals surface area contributed by atoms with Crippen LogP contribution in [0, 0.1) is 0 Å². The molecule has 0 saturated heterocycles. The van der Waals surface area contributed by atoms with Gasteiger partial charge < -0.3 is 4.74 Å². The number of ether oxygens (including phenoxy) is 1. The number of rotatable bonds is 6. The molecule has 0 rings (SSSR count). The van der Waals surface area contributed by atoms with Gasteiger partial charge in [-0.25, -0.2) is 10.2 Å². The SMILES string of the molecule is CCCCCC/C=N/NC(=O)OC(C)(C)C. The zero-order valence-electron chi connectivity index (χ0n) is 10.9. The van der Waals surface area contributed by atoms with Gasteiger partial charge in [0.15, 0.2) is 0 Å². The van der Waals surface area contributed by atoms with E-state index >= 15 is 0 Å². The van der Waals surface area contributed by atoms with Gasteiger partial charge in [-0.2, -0.15) is 5.10 Å². The number of hydrazone groups is 1. The van der Waals surface area contributed by atoms with Gasteiger partial charge in [0.25, 0.3) is 0 Å². The van der Waals surface area contributed by atoms with Crippen LogP contribution >= 0.6 is 0 Å². The molecule has 0 aliphatic heterocycles. The zero-order valence-corrected chi connectivity index (χ0v) is 10.9. The third-order valence-corrected chi connectivity index (χ3v) is 1.83. The molecule has 16 heavy (non-hydrogen) atoms. The normalized spacial score (nSPS) is 11.8. The van der Waals surface area contributed by atoms with Crippen molar-refractivity contribution < 1.29 is 9.53 Å². The Morgan fingerprint density at radius 2 is 2.00 bits per heavy atom. The summed E-state index contributed by atoms with van der Waals surface area (Å²) in [7, 11) is 0. The number of hydrogen-bond donors (Lipinski definition) is 1. The maximum absolute atomic E-state index is 11.1. The number of carbonyl (C=O) groups is 1. The maximum Gasteiger partial charge on any atom is 0.428 e. The fourth-order valence-corrected chi connectivity index (χ4v) is 1.13. The van der Waals surface area contributed by atoms with Crippen molar-refractivity contribution in [3.05, 3.63) is 0 Å². The maximum atomic E-state index is 11.1. The van der Waals surface area contributed by atoms with E-state index in [2.05, 4.69) is 17.5 Å². The number of amides is 1. The molecule has 94 valence electrons. The Labute approximate surface area is 98.4 Å². The highest BCUT2D eigenvalue weighted by molar-refractivity contribution is 5.69. The van der Waals surface area contributed by atoms with E-state index in [9.17, 15) is 4.79 Å². The Bertz CT molecular complexity index is 220. The largest absolute Gasteiger partial charge is 0.443 e. The second-order valence-corrected chi connectivity index (χ2v) is 4.77. The molecule has 0 bridgehead atoms. The predicted octanol–water partition coefficient (Wildman–Crippen LogP) is 3.47. The van der Waals surface area contributed by atoms with Crippen LogP contribution < -0.4 is 5.43 Å². The van der Waals surface area contributed by atoms with Gasteiger partial charge in [0.05, 0.1) is 0 Å². The average molecular weight is 228 g/mol. The molecule has 4 nitrogen and oxygen atoms in total. The topological polar surface area (TPSA) is 50.7 Å². The van der Waals surface area contributed by atoms with Crippen molar-refractivity contribution in [2.75, 3.05) is 0 Å². The molecular weight excluding hydrogens is 204 g/mol. The molecule has 1 N–H and O–H groups in total. The van der Waals surface area contributed by atoms with Crippen molar-refractivity contribution in [3.8, 4) is 0 Å². The van der Waals surface area contributed by atoms with Crippen LogP contribution in [-0.2, 0) is 4.74 Å². The summed E-state index contributed by atoms with van der Waals surface area (Å²) in [6, 6.07) is 0. The highest BCUT2D eigenvalue weighted by atomic mass is 16.6. The summed E-state index contributed by atoms with van der Waals surface area (Å²) in [5, 5.41) is 3.80. The molecule has 0 unspecified atom stereocenters. The van der Waals surface area contributed by atoms with E-state index < -0.39 is 11.7 Å². The number of carbonyl (C=O) groups excluding carboxylic acids is 1. The fourth-order valence-electron chi connectivity index (χ4n) is 1.13. The molecule has 0 aliphatic carbocycles. The van der Waals surface area contributed by atoms with Crippen LogP contribution in [0.15, 0.2) is 5.10 Å². The number of nitrogens with zero attached hydrogens (tertiary/aromatic N) is 1. The quantitative estimate of drug-likeness (QED) is 0.430. The molecule has 0 spiro atoms. The van der Waals surface area contributed by atoms with Crippen molar-refractivity contribution >= 4 is 12.3 Å². The lowest BCUT2D eigenvalue weighted by molar-refractivity contribution is 0.0529. The van der Waals surface area contributed by atoms with E-state index in [1.54, 1.807) is 6.21 Å². The van der Waals surface area contributed by atoms with Crippen molar-refractivity contribution in [1.82, 2.24) is 5.43 Å². The Balaban J connectivity index is 3.49. The third-order valence-electron chi connectivity index (χ3n) is 1.83. The van der Waals surface area contributed by atoms with Gasteiger partial charge in [0, 0.05) is 6.21 Å². The molecule has 1 amide bonds. The van der Waals surface area contributed by atoms with Crippen molar-refractivity contribution in [2.45, 2.75) is 65.4 Å². The van der Waals surface area contributed by atoms with Crippen LogP contribution in [0.3, 0.4) is 0 Å². The van der Waals surface area contributed by atoms with Crippen LogP contribution in [0.25, 0.3) is 0 Å². The van der Waals surface area contributed by atoms with Crippen molar-refractivity contribution in [2.24, 2.45) is 5.10 Å². The first-order valence-electron chi connectivity index (χ1n) is 5.96. The monoisotopic (exact) mass is 228 g/mol. The van der Waals surface area contributed by atoms with Crippen LogP contribution in [0.4, 0.5) is 4.79 Å². The molecule has 0 radical (unpaired) electrons. The smallest absolute Gasteiger partial charge is 0.428 e. The molecule has 0 saturated carbocycles. The van der Waals surface area contributed by atoms with Gasteiger partial charge in [-0.1, -0.05) is 26.2 Å². The van der Waals surface area contributed by atoms with Gasteiger partial charge in [0.1, 0.15) is 5.60 Å². The van der Waals surface area contributed by atoms with Crippen LogP contribution in [0.5, 0.6) is 0 Å². The van der Waals surface area contributed by atoms with Crippen molar-refractivity contribution in [3.63, 3.8) is 0 Å². The molecule has 0 aromatic heterocycles. The second-order valence-electron chi connectivity index (χ2n) is 4.77. The molecule has 0 heterocycles. The van der Waals surface area contributed by atoms with E-state index in [0.29, 0.717) is 0 Å². The van der Waals surface area contributed by atoms with Gasteiger partial charge in [-0.05, 0) is 33.6 Å². The molecule has 0 aromatic rings. The predicted molar refractivity (Wildman–Crippen MR) is 66.6 cm³/mol. The lowest BCUT2D eigenvalue weighted by Gasteiger charge is -2.18. The van der Waals surface area contributed by atoms with Gasteiger partial charge in [-0.15, -0.1) is 0 Å². The average Bonchev–Trinajstić information content (AvgIpc) is 2.13. The molecule has 0 fully saturated rings. The second kappa shape index (κ2) is 8.13. The molecule has 4 heteroatoms. The van der Waals surface area contributed by atoms with E-state index in [-0.39, 0.29) is 0 Å². The Morgan fingerprint density at radius 3 is 2.56 bits per heavy atom. The summed E-state index contributed by atoms with van der Waals surface area (Å²) >= 11 is 0. The van der Waals surface area contributed by atoms with E-state index in [1.807, 2.05) is 20.8 Å². The minimum Gasteiger partial charge on any atom is -0.443 e. The lowest BCUT2D eigenvalue weighted by Crippen LogP contribution is -2.29. The molecular formula is C12H24N2O2. The van der Waals surface area contributed by atoms with E-state index in [0.717, 1.165) is 12.8 Å². The van der Waals surface area contributed by atoms with E-state index in [1.165, 1.54) is 19.3 Å². The minimum absolute atomic E-state index is 0.471. The summed E-state index contributed by atoms with van der Waals surface area (Å²) in [6.07, 6.45) is 6.94. The fraction of sp³-hybridized carbons (Fsp3) is 0.833. The van der Waals surface area contributed by atoms with Crippen LogP contribution in [0.2, 0.25) is 0 Å². The third kappa shape index (κ3) is 11.0. The highest BCUT2D eigenvalue weighted by Gasteiger charge is 2.15. The standard InChI is InChI=1S/C12H24N2O2/c1-5-6-7-8-9-10-13-14-11(15)16-12(2,3)4/h10H,5-9H2,1-4H3,(H,14,15)/b13-10+. The Hall–Kier alpha value is -1.06. The number of hydrogen-bond acceptors (Lipinski definition) is 3. The minimum atomic E-state index is -0.502.